The normalized spacial score (nSPS) is 20.1. The molecule has 9 heteroatoms. The minimum Gasteiger partial charge on any atom is -0.356 e. The molecule has 0 spiro atoms. The summed E-state index contributed by atoms with van der Waals surface area (Å²) in [6.45, 7) is 2.98. The number of alkyl halides is 3. The molecule has 0 radical (unpaired) electrons. The first kappa shape index (κ1) is 16.7. The molecule has 1 saturated heterocycles. The van der Waals surface area contributed by atoms with E-state index in [0.29, 0.717) is 6.54 Å². The third-order valence-corrected chi connectivity index (χ3v) is 3.66. The molecule has 1 unspecified atom stereocenters. The van der Waals surface area contributed by atoms with E-state index in [1.165, 1.54) is 6.92 Å². The van der Waals surface area contributed by atoms with Gasteiger partial charge in [0.15, 0.2) is 0 Å². The number of hydrogen-bond acceptors (Lipinski definition) is 5. The lowest BCUT2D eigenvalue weighted by molar-refractivity contribution is -0.146. The van der Waals surface area contributed by atoms with Crippen LogP contribution in [0.5, 0.6) is 0 Å². The minimum absolute atomic E-state index is 0.0289. The molecule has 0 bridgehead atoms. The number of halogens is 3. The molecule has 0 aromatic carbocycles. The molecule has 22 heavy (non-hydrogen) atoms. The molecule has 1 aromatic rings. The van der Waals surface area contributed by atoms with E-state index in [2.05, 4.69) is 15.5 Å². The minimum atomic E-state index is -4.59. The van der Waals surface area contributed by atoms with Crippen LogP contribution in [0.4, 0.5) is 13.2 Å². The van der Waals surface area contributed by atoms with E-state index >= 15 is 0 Å². The Kier molecular flexibility index (Phi) is 5.38. The highest BCUT2D eigenvalue weighted by atomic mass is 19.4. The number of likely N-dealkylation sites (tertiary alicyclic amines) is 1. The number of hydrogen-bond donors (Lipinski definition) is 1. The molecular weight excluding hydrogens is 301 g/mol. The summed E-state index contributed by atoms with van der Waals surface area (Å²) in [5.41, 5.74) is 0. The van der Waals surface area contributed by atoms with Crippen LogP contribution in [-0.4, -0.2) is 40.1 Å². The first-order valence-electron chi connectivity index (χ1n) is 7.24. The lowest BCUT2D eigenvalue weighted by Crippen LogP contribution is -2.41. The van der Waals surface area contributed by atoms with Gasteiger partial charge in [-0.25, -0.2) is 0 Å². The Morgan fingerprint density at radius 2 is 2.23 bits per heavy atom. The lowest BCUT2D eigenvalue weighted by Gasteiger charge is -2.34. The number of aromatic nitrogens is 2. The zero-order valence-electron chi connectivity index (χ0n) is 12.3. The predicted octanol–water partition coefficient (Wildman–Crippen LogP) is 1.97. The van der Waals surface area contributed by atoms with E-state index in [-0.39, 0.29) is 24.4 Å². The van der Waals surface area contributed by atoms with Crippen LogP contribution in [0.1, 0.15) is 44.3 Å². The Morgan fingerprint density at radius 3 is 2.86 bits per heavy atom. The van der Waals surface area contributed by atoms with Crippen molar-refractivity contribution >= 4 is 5.91 Å². The van der Waals surface area contributed by atoms with Gasteiger partial charge in [-0.15, -0.1) is 0 Å². The molecule has 1 aliphatic rings. The smallest absolute Gasteiger partial charge is 0.356 e. The average molecular weight is 320 g/mol. The van der Waals surface area contributed by atoms with Crippen LogP contribution in [-0.2, 0) is 17.5 Å². The molecule has 0 aliphatic carbocycles. The Hall–Kier alpha value is -1.64. The van der Waals surface area contributed by atoms with E-state index in [9.17, 15) is 18.0 Å². The molecule has 2 heterocycles. The maximum absolute atomic E-state index is 12.5. The van der Waals surface area contributed by atoms with Crippen molar-refractivity contribution in [2.75, 3.05) is 13.1 Å². The van der Waals surface area contributed by atoms with E-state index in [0.717, 1.165) is 32.2 Å². The van der Waals surface area contributed by atoms with E-state index in [4.69, 9.17) is 4.52 Å². The van der Waals surface area contributed by atoms with Crippen LogP contribution in [0, 0.1) is 0 Å². The Morgan fingerprint density at radius 1 is 1.45 bits per heavy atom. The standard InChI is InChI=1S/C13H19F3N4O2/c1-9(21)17-6-5-10-4-2-3-7-20(10)8-11-18-12(19-22-11)13(14,15)16/h10H,2-8H2,1H3,(H,17,21). The maximum atomic E-state index is 12.5. The van der Waals surface area contributed by atoms with E-state index in [1.807, 2.05) is 4.90 Å². The third kappa shape index (κ3) is 4.69. The molecule has 1 fully saturated rings. The first-order valence-corrected chi connectivity index (χ1v) is 7.24. The molecule has 0 saturated carbocycles. The van der Waals surface area contributed by atoms with Crippen LogP contribution in [0.25, 0.3) is 0 Å². The fourth-order valence-electron chi connectivity index (χ4n) is 2.62. The monoisotopic (exact) mass is 320 g/mol. The number of nitrogens with one attached hydrogen (secondary N) is 1. The van der Waals surface area contributed by atoms with Gasteiger partial charge in [0.1, 0.15) is 0 Å². The van der Waals surface area contributed by atoms with Gasteiger partial charge in [0, 0.05) is 19.5 Å². The van der Waals surface area contributed by atoms with Crippen LogP contribution in [0.3, 0.4) is 0 Å². The van der Waals surface area contributed by atoms with Gasteiger partial charge in [-0.3, -0.25) is 9.69 Å². The maximum Gasteiger partial charge on any atom is 0.455 e. The summed E-state index contributed by atoms with van der Waals surface area (Å²) in [6.07, 6.45) is -0.843. The molecule has 124 valence electrons. The number of carbonyl (C=O) groups is 1. The van der Waals surface area contributed by atoms with Gasteiger partial charge in [0.2, 0.25) is 11.8 Å². The third-order valence-electron chi connectivity index (χ3n) is 3.66. The topological polar surface area (TPSA) is 71.3 Å². The van der Waals surface area contributed by atoms with Crippen molar-refractivity contribution in [1.82, 2.24) is 20.4 Å². The summed E-state index contributed by atoms with van der Waals surface area (Å²) < 4.78 is 42.1. The second-order valence-electron chi connectivity index (χ2n) is 5.40. The lowest BCUT2D eigenvalue weighted by atomic mass is 9.99. The quantitative estimate of drug-likeness (QED) is 0.898. The van der Waals surface area contributed by atoms with E-state index in [1.54, 1.807) is 0 Å². The number of rotatable bonds is 5. The first-order chi connectivity index (χ1) is 10.4. The predicted molar refractivity (Wildman–Crippen MR) is 70.6 cm³/mol. The second-order valence-corrected chi connectivity index (χ2v) is 5.40. The summed E-state index contributed by atoms with van der Waals surface area (Å²) in [5, 5.41) is 5.70. The molecule has 1 amide bonds. The summed E-state index contributed by atoms with van der Waals surface area (Å²) >= 11 is 0. The number of amides is 1. The van der Waals surface area contributed by atoms with Crippen molar-refractivity contribution in [3.63, 3.8) is 0 Å². The zero-order chi connectivity index (χ0) is 16.2. The summed E-state index contributed by atoms with van der Waals surface area (Å²) in [4.78, 5) is 16.3. The molecule has 1 N–H and O–H groups in total. The highest BCUT2D eigenvalue weighted by molar-refractivity contribution is 5.72. The highest BCUT2D eigenvalue weighted by Gasteiger charge is 2.37. The fourth-order valence-corrected chi connectivity index (χ4v) is 2.62. The average Bonchev–Trinajstić information content (AvgIpc) is 2.89. The van der Waals surface area contributed by atoms with Crippen LogP contribution >= 0.6 is 0 Å². The van der Waals surface area contributed by atoms with E-state index < -0.39 is 12.0 Å². The van der Waals surface area contributed by atoms with Crippen LogP contribution < -0.4 is 5.32 Å². The molecule has 1 aliphatic heterocycles. The second kappa shape index (κ2) is 7.08. The van der Waals surface area contributed by atoms with Gasteiger partial charge in [-0.2, -0.15) is 18.2 Å². The van der Waals surface area contributed by atoms with Gasteiger partial charge < -0.3 is 9.84 Å². The van der Waals surface area contributed by atoms with Crippen molar-refractivity contribution in [2.24, 2.45) is 0 Å². The van der Waals surface area contributed by atoms with Gasteiger partial charge in [-0.05, 0) is 25.8 Å². The molecular formula is C13H19F3N4O2. The summed E-state index contributed by atoms with van der Waals surface area (Å²) in [5.74, 6) is -1.36. The largest absolute Gasteiger partial charge is 0.455 e. The van der Waals surface area contributed by atoms with Crippen molar-refractivity contribution in [3.05, 3.63) is 11.7 Å². The highest BCUT2D eigenvalue weighted by Crippen LogP contribution is 2.27. The molecule has 1 atom stereocenters. The van der Waals surface area contributed by atoms with Crippen molar-refractivity contribution in [3.8, 4) is 0 Å². The summed E-state index contributed by atoms with van der Waals surface area (Å²) in [7, 11) is 0. The van der Waals surface area contributed by atoms with Gasteiger partial charge in [-0.1, -0.05) is 11.6 Å². The number of nitrogens with zero attached hydrogens (tertiary/aromatic N) is 3. The Bertz CT molecular complexity index is 504. The Balaban J connectivity index is 1.93. The van der Waals surface area contributed by atoms with Crippen molar-refractivity contribution in [2.45, 2.75) is 51.4 Å². The van der Waals surface area contributed by atoms with Crippen LogP contribution in [0.2, 0.25) is 0 Å². The van der Waals surface area contributed by atoms with Crippen LogP contribution in [0.15, 0.2) is 4.52 Å². The molecule has 6 nitrogen and oxygen atoms in total. The van der Waals surface area contributed by atoms with Crippen molar-refractivity contribution < 1.29 is 22.5 Å². The van der Waals surface area contributed by atoms with Gasteiger partial charge in [0.25, 0.3) is 5.82 Å². The Labute approximate surface area is 126 Å². The zero-order valence-corrected chi connectivity index (χ0v) is 12.3. The summed E-state index contributed by atoms with van der Waals surface area (Å²) in [6, 6.07) is 0.196. The number of piperidine rings is 1. The molecule has 2 rings (SSSR count). The SMILES string of the molecule is CC(=O)NCCC1CCCCN1Cc1nc(C(F)(F)F)no1. The fraction of sp³-hybridized carbons (Fsp3) is 0.769. The van der Waals surface area contributed by atoms with Gasteiger partial charge in [0.05, 0.1) is 6.54 Å². The number of carbonyl (C=O) groups excluding carboxylic acids is 1. The molecule has 1 aromatic heterocycles. The van der Waals surface area contributed by atoms with Gasteiger partial charge >= 0.3 is 6.18 Å². The van der Waals surface area contributed by atoms with Crippen molar-refractivity contribution in [1.29, 1.82) is 0 Å².